The van der Waals surface area contributed by atoms with Crippen LogP contribution in [0, 0.1) is 17.8 Å². The third kappa shape index (κ3) is 10.3. The maximum absolute atomic E-state index is 13.3. The van der Waals surface area contributed by atoms with E-state index in [1.807, 2.05) is 11.8 Å². The van der Waals surface area contributed by atoms with Gasteiger partial charge in [0, 0.05) is 48.8 Å². The molecule has 3 atom stereocenters. The van der Waals surface area contributed by atoms with Crippen LogP contribution in [-0.4, -0.2) is 54.3 Å². The van der Waals surface area contributed by atoms with Crippen molar-refractivity contribution in [3.05, 3.63) is 35.4 Å². The second-order valence-corrected chi connectivity index (χ2v) is 12.0. The van der Waals surface area contributed by atoms with Crippen molar-refractivity contribution in [3.8, 4) is 0 Å². The van der Waals surface area contributed by atoms with Gasteiger partial charge in [0.25, 0.3) is 11.8 Å². The smallest absolute Gasteiger partial charge is 0.253 e. The second kappa shape index (κ2) is 16.0. The fourth-order valence-corrected chi connectivity index (χ4v) is 5.79. The summed E-state index contributed by atoms with van der Waals surface area (Å²) in [5.74, 6) is 0.895. The third-order valence-corrected chi connectivity index (χ3v) is 8.43. The van der Waals surface area contributed by atoms with Crippen LogP contribution in [-0.2, 0) is 4.79 Å². The number of hydrogen-bond donors (Lipinski definition) is 3. The molecule has 1 aromatic carbocycles. The van der Waals surface area contributed by atoms with Gasteiger partial charge in [-0.15, -0.1) is 0 Å². The van der Waals surface area contributed by atoms with Gasteiger partial charge < -0.3 is 21.3 Å². The number of nitrogens with one attached hydrogen (secondary N) is 2. The Morgan fingerprint density at radius 2 is 1.64 bits per heavy atom. The summed E-state index contributed by atoms with van der Waals surface area (Å²) in [5.41, 5.74) is 7.66. The molecule has 0 radical (unpaired) electrons. The Labute approximate surface area is 236 Å². The van der Waals surface area contributed by atoms with Crippen molar-refractivity contribution in [1.29, 1.82) is 0 Å². The molecule has 2 aliphatic rings. The van der Waals surface area contributed by atoms with Crippen LogP contribution in [0.15, 0.2) is 24.3 Å². The molecule has 3 amide bonds. The first kappa shape index (κ1) is 31.1. The topological polar surface area (TPSA) is 105 Å². The minimum atomic E-state index is -0.322. The van der Waals surface area contributed by atoms with Crippen LogP contribution >= 0.6 is 0 Å². The predicted octanol–water partition coefficient (Wildman–Crippen LogP) is 5.29. The summed E-state index contributed by atoms with van der Waals surface area (Å²) < 4.78 is 0. The van der Waals surface area contributed by atoms with Crippen LogP contribution < -0.4 is 16.4 Å². The first-order chi connectivity index (χ1) is 18.8. The highest BCUT2D eigenvalue weighted by Crippen LogP contribution is 2.34. The monoisotopic (exact) mass is 540 g/mol. The van der Waals surface area contributed by atoms with Crippen LogP contribution in [0.25, 0.3) is 0 Å². The van der Waals surface area contributed by atoms with Crippen LogP contribution in [0.3, 0.4) is 0 Å². The fraction of sp³-hybridized carbons (Fsp3) is 0.719. The molecule has 2 saturated carbocycles. The molecule has 4 N–H and O–H groups in total. The van der Waals surface area contributed by atoms with Gasteiger partial charge in [-0.3, -0.25) is 14.4 Å². The van der Waals surface area contributed by atoms with Gasteiger partial charge in [0.05, 0.1) is 0 Å². The Bertz CT molecular complexity index is 920. The number of hydrogen-bond acceptors (Lipinski definition) is 4. The van der Waals surface area contributed by atoms with E-state index in [9.17, 15) is 14.4 Å². The molecule has 0 spiro atoms. The number of carbonyl (C=O) groups excluding carboxylic acids is 3. The van der Waals surface area contributed by atoms with Crippen molar-refractivity contribution in [2.45, 2.75) is 110 Å². The van der Waals surface area contributed by atoms with Crippen molar-refractivity contribution >= 4 is 17.7 Å². The Morgan fingerprint density at radius 1 is 0.974 bits per heavy atom. The minimum Gasteiger partial charge on any atom is -0.356 e. The quantitative estimate of drug-likeness (QED) is 0.265. The van der Waals surface area contributed by atoms with Crippen molar-refractivity contribution in [2.24, 2.45) is 23.5 Å². The molecule has 3 rings (SSSR count). The molecule has 218 valence electrons. The van der Waals surface area contributed by atoms with Gasteiger partial charge in [-0.1, -0.05) is 58.9 Å². The van der Waals surface area contributed by atoms with Crippen molar-refractivity contribution in [3.63, 3.8) is 0 Å². The summed E-state index contributed by atoms with van der Waals surface area (Å²) in [4.78, 5) is 41.1. The van der Waals surface area contributed by atoms with E-state index in [2.05, 4.69) is 24.5 Å². The highest BCUT2D eigenvalue weighted by Gasteiger charge is 2.29. The molecule has 0 unspecified atom stereocenters. The average molecular weight is 541 g/mol. The van der Waals surface area contributed by atoms with Crippen molar-refractivity contribution in [2.75, 3.05) is 19.6 Å². The Kier molecular flexibility index (Phi) is 12.8. The molecule has 0 heterocycles. The van der Waals surface area contributed by atoms with Gasteiger partial charge >= 0.3 is 0 Å². The zero-order chi connectivity index (χ0) is 28.2. The molecule has 0 aromatic heterocycles. The molecule has 7 heteroatoms. The molecule has 0 saturated heterocycles. The van der Waals surface area contributed by atoms with Gasteiger partial charge in [-0.05, 0) is 75.0 Å². The van der Waals surface area contributed by atoms with E-state index in [-0.39, 0.29) is 35.7 Å². The second-order valence-electron chi connectivity index (χ2n) is 12.0. The zero-order valence-corrected chi connectivity index (χ0v) is 24.6. The van der Waals surface area contributed by atoms with Gasteiger partial charge in [-0.25, -0.2) is 0 Å². The lowest BCUT2D eigenvalue weighted by Crippen LogP contribution is -2.49. The van der Waals surface area contributed by atoms with Gasteiger partial charge in [0.2, 0.25) is 5.91 Å². The average Bonchev–Trinajstić information content (AvgIpc) is 3.78. The van der Waals surface area contributed by atoms with Crippen molar-refractivity contribution in [1.82, 2.24) is 15.5 Å². The Balaban J connectivity index is 1.60. The standard InChI is InChI=1S/C32H52N4O3/c1-4-18-36(19-5-2)32(39)27-13-9-12-26(21-27)31(38)35-29(17-16-24-14-15-24)28(33)20-23(3)30(37)34-22-25-10-7-6-8-11-25/h9,12-13,21,23-25,28-29H,4-8,10-11,14-20,22,33H2,1-3H3,(H,34,37)(H,35,38)/t23-,28+,29+/m1/s1. The summed E-state index contributed by atoms with van der Waals surface area (Å²) >= 11 is 0. The maximum Gasteiger partial charge on any atom is 0.253 e. The minimum absolute atomic E-state index is 0.0385. The maximum atomic E-state index is 13.3. The number of rotatable bonds is 16. The first-order valence-corrected chi connectivity index (χ1v) is 15.6. The zero-order valence-electron chi connectivity index (χ0n) is 24.6. The first-order valence-electron chi connectivity index (χ1n) is 15.6. The lowest BCUT2D eigenvalue weighted by atomic mass is 9.89. The van der Waals surface area contributed by atoms with E-state index in [0.29, 0.717) is 36.6 Å². The van der Waals surface area contributed by atoms with E-state index < -0.39 is 0 Å². The van der Waals surface area contributed by atoms with Gasteiger partial charge in [0.15, 0.2) is 0 Å². The van der Waals surface area contributed by atoms with Crippen LogP contribution in [0.2, 0.25) is 0 Å². The lowest BCUT2D eigenvalue weighted by Gasteiger charge is -2.28. The van der Waals surface area contributed by atoms with E-state index in [1.54, 1.807) is 24.3 Å². The molecule has 2 fully saturated rings. The Morgan fingerprint density at radius 3 is 2.28 bits per heavy atom. The highest BCUT2D eigenvalue weighted by molar-refractivity contribution is 5.99. The summed E-state index contributed by atoms with van der Waals surface area (Å²) in [6.45, 7) is 8.21. The van der Waals surface area contributed by atoms with Crippen molar-refractivity contribution < 1.29 is 14.4 Å². The molecule has 7 nitrogen and oxygen atoms in total. The number of carbonyl (C=O) groups is 3. The van der Waals surface area contributed by atoms with E-state index >= 15 is 0 Å². The Hall–Kier alpha value is -2.41. The predicted molar refractivity (Wildman–Crippen MR) is 157 cm³/mol. The van der Waals surface area contributed by atoms with Gasteiger partial charge in [0.1, 0.15) is 0 Å². The molecular weight excluding hydrogens is 488 g/mol. The fourth-order valence-electron chi connectivity index (χ4n) is 5.79. The molecule has 1 aromatic rings. The molecule has 0 aliphatic heterocycles. The van der Waals surface area contributed by atoms with Gasteiger partial charge in [-0.2, -0.15) is 0 Å². The van der Waals surface area contributed by atoms with E-state index in [1.165, 1.54) is 44.9 Å². The number of benzene rings is 1. The summed E-state index contributed by atoms with van der Waals surface area (Å²) in [6.07, 6.45) is 12.8. The summed E-state index contributed by atoms with van der Waals surface area (Å²) in [5, 5.41) is 6.32. The molecule has 0 bridgehead atoms. The molecule has 39 heavy (non-hydrogen) atoms. The van der Waals surface area contributed by atoms with Crippen LogP contribution in [0.1, 0.15) is 119 Å². The highest BCUT2D eigenvalue weighted by atomic mass is 16.2. The van der Waals surface area contributed by atoms with Crippen LogP contribution in [0.5, 0.6) is 0 Å². The SMILES string of the molecule is CCCN(CCC)C(=O)c1cccc(C(=O)N[C@@H](CCC2CC2)[C@@H](N)C[C@@H](C)C(=O)NCC2CCCCC2)c1. The normalized spacial score (nSPS) is 18.2. The summed E-state index contributed by atoms with van der Waals surface area (Å²) in [7, 11) is 0. The molecular formula is C32H52N4O3. The third-order valence-electron chi connectivity index (χ3n) is 8.43. The largest absolute Gasteiger partial charge is 0.356 e. The number of nitrogens with zero attached hydrogens (tertiary/aromatic N) is 1. The van der Waals surface area contributed by atoms with Crippen LogP contribution in [0.4, 0.5) is 0 Å². The lowest BCUT2D eigenvalue weighted by molar-refractivity contribution is -0.125. The summed E-state index contributed by atoms with van der Waals surface area (Å²) in [6, 6.07) is 6.46. The number of amides is 3. The molecule has 2 aliphatic carbocycles. The number of nitrogens with two attached hydrogens (primary N) is 1. The van der Waals surface area contributed by atoms with E-state index in [4.69, 9.17) is 5.73 Å². The van der Waals surface area contributed by atoms with E-state index in [0.717, 1.165) is 38.1 Å².